The fourth-order valence-electron chi connectivity index (χ4n) is 4.90. The second kappa shape index (κ2) is 9.68. The fourth-order valence-corrected chi connectivity index (χ4v) is 6.22. The number of hydrogen-bond donors (Lipinski definition) is 0. The van der Waals surface area contributed by atoms with E-state index in [2.05, 4.69) is 46.2 Å². The zero-order valence-electron chi connectivity index (χ0n) is 20.5. The molecule has 0 saturated carbocycles. The maximum Gasteiger partial charge on any atom is 0.262 e. The second-order valence-electron chi connectivity index (χ2n) is 9.63. The Morgan fingerprint density at radius 1 is 1.11 bits per heavy atom. The highest BCUT2D eigenvalue weighted by Crippen LogP contribution is 2.33. The summed E-state index contributed by atoms with van der Waals surface area (Å²) in [7, 11) is -3.76. The molecule has 1 atom stereocenters. The lowest BCUT2D eigenvalue weighted by molar-refractivity contribution is 0.105. The lowest BCUT2D eigenvalue weighted by atomic mass is 9.96. The average molecular weight is 509 g/mol. The minimum atomic E-state index is -3.76. The van der Waals surface area contributed by atoms with Gasteiger partial charge in [-0.25, -0.2) is 17.5 Å². The highest BCUT2D eigenvalue weighted by atomic mass is 32.2. The van der Waals surface area contributed by atoms with E-state index in [0.717, 1.165) is 34.3 Å². The van der Waals surface area contributed by atoms with Crippen LogP contribution in [-0.4, -0.2) is 63.8 Å². The molecule has 1 aliphatic rings. The topological polar surface area (TPSA) is 84.2 Å². The zero-order chi connectivity index (χ0) is 25.4. The Labute approximate surface area is 210 Å². The molecule has 0 N–H and O–H groups in total. The molecule has 1 aliphatic heterocycles. The Balaban J connectivity index is 1.53. The quantitative estimate of drug-likeness (QED) is 0.392. The Kier molecular flexibility index (Phi) is 6.59. The van der Waals surface area contributed by atoms with Crippen LogP contribution in [0.1, 0.15) is 31.0 Å². The number of aryl methyl sites for hydroxylation is 1. The molecule has 0 amide bonds. The Bertz CT molecular complexity index is 1470. The van der Waals surface area contributed by atoms with E-state index < -0.39 is 10.0 Å². The average Bonchev–Trinajstić information content (AvgIpc) is 3.27. The van der Waals surface area contributed by atoms with Crippen molar-refractivity contribution in [3.8, 4) is 5.69 Å². The molecular weight excluding hydrogens is 479 g/mol. The molecule has 188 valence electrons. The number of piperazine rings is 1. The number of fused-ring (bicyclic) bond motifs is 1. The van der Waals surface area contributed by atoms with Crippen LogP contribution in [0.25, 0.3) is 16.6 Å². The van der Waals surface area contributed by atoms with Crippen LogP contribution in [-0.2, 0) is 10.0 Å². The Hall–Kier alpha value is -3.21. The van der Waals surface area contributed by atoms with Crippen LogP contribution in [0.15, 0.2) is 66.0 Å². The second-order valence-corrected chi connectivity index (χ2v) is 11.5. The van der Waals surface area contributed by atoms with Gasteiger partial charge in [-0.3, -0.25) is 4.90 Å². The molecule has 4 aromatic rings. The normalized spacial score (nSPS) is 17.8. The molecule has 0 spiro atoms. The molecule has 3 heterocycles. The first-order chi connectivity index (χ1) is 17.2. The minimum absolute atomic E-state index is 0.0335. The van der Waals surface area contributed by atoms with Gasteiger partial charge < -0.3 is 0 Å². The lowest BCUT2D eigenvalue weighted by Gasteiger charge is -2.42. The SMILES string of the molecule is Cc1cc2c(cnn2-c2ccc(F)cc2)cc1[C@H]1CN(S(=O)(=O)c2cccnn2)CCN1CC(C)C. The third-order valence-electron chi connectivity index (χ3n) is 6.59. The van der Waals surface area contributed by atoms with Gasteiger partial charge in [-0.2, -0.15) is 14.5 Å². The number of rotatable bonds is 6. The number of nitrogens with zero attached hydrogens (tertiary/aromatic N) is 6. The van der Waals surface area contributed by atoms with E-state index in [1.807, 2.05) is 6.92 Å². The summed E-state index contributed by atoms with van der Waals surface area (Å²) >= 11 is 0. The number of halogens is 1. The fraction of sp³-hybridized carbons (Fsp3) is 0.346. The van der Waals surface area contributed by atoms with Gasteiger partial charge in [0.25, 0.3) is 10.0 Å². The summed E-state index contributed by atoms with van der Waals surface area (Å²) < 4.78 is 43.4. The van der Waals surface area contributed by atoms with E-state index in [1.54, 1.807) is 29.1 Å². The highest BCUT2D eigenvalue weighted by Gasteiger charge is 2.36. The van der Waals surface area contributed by atoms with Crippen LogP contribution < -0.4 is 0 Å². The molecule has 0 radical (unpaired) electrons. The van der Waals surface area contributed by atoms with Gasteiger partial charge in [0, 0.05) is 43.8 Å². The van der Waals surface area contributed by atoms with Crippen molar-refractivity contribution in [1.82, 2.24) is 29.2 Å². The molecule has 5 rings (SSSR count). The van der Waals surface area contributed by atoms with Crippen molar-refractivity contribution >= 4 is 20.9 Å². The molecule has 2 aromatic carbocycles. The summed E-state index contributed by atoms with van der Waals surface area (Å²) in [4.78, 5) is 2.37. The summed E-state index contributed by atoms with van der Waals surface area (Å²) in [6.07, 6.45) is 3.26. The first kappa shape index (κ1) is 24.5. The summed E-state index contributed by atoms with van der Waals surface area (Å²) in [5, 5.41) is 13.1. The van der Waals surface area contributed by atoms with Crippen LogP contribution in [0.5, 0.6) is 0 Å². The largest absolute Gasteiger partial charge is 0.293 e. The first-order valence-electron chi connectivity index (χ1n) is 12.0. The molecule has 1 saturated heterocycles. The third kappa shape index (κ3) is 4.63. The smallest absolute Gasteiger partial charge is 0.262 e. The Morgan fingerprint density at radius 3 is 2.58 bits per heavy atom. The molecule has 8 nitrogen and oxygen atoms in total. The maximum absolute atomic E-state index is 13.4. The zero-order valence-corrected chi connectivity index (χ0v) is 21.4. The number of hydrogen-bond acceptors (Lipinski definition) is 6. The van der Waals surface area contributed by atoms with E-state index in [9.17, 15) is 12.8 Å². The monoisotopic (exact) mass is 508 g/mol. The van der Waals surface area contributed by atoms with Crippen LogP contribution >= 0.6 is 0 Å². The Morgan fingerprint density at radius 2 is 1.89 bits per heavy atom. The minimum Gasteiger partial charge on any atom is -0.293 e. The number of sulfonamides is 1. The van der Waals surface area contributed by atoms with Crippen molar-refractivity contribution < 1.29 is 12.8 Å². The molecule has 36 heavy (non-hydrogen) atoms. The van der Waals surface area contributed by atoms with Crippen LogP contribution in [0.3, 0.4) is 0 Å². The van der Waals surface area contributed by atoms with Gasteiger partial charge in [0.2, 0.25) is 0 Å². The molecule has 10 heteroatoms. The summed E-state index contributed by atoms with van der Waals surface area (Å²) in [5.41, 5.74) is 3.81. The predicted molar refractivity (Wildman–Crippen MR) is 136 cm³/mol. The van der Waals surface area contributed by atoms with Gasteiger partial charge in [-0.05, 0) is 72.5 Å². The lowest BCUT2D eigenvalue weighted by Crippen LogP contribution is -2.51. The van der Waals surface area contributed by atoms with Crippen LogP contribution in [0.4, 0.5) is 4.39 Å². The van der Waals surface area contributed by atoms with Gasteiger partial charge in [0.05, 0.1) is 17.4 Å². The summed E-state index contributed by atoms with van der Waals surface area (Å²) in [6.45, 7) is 8.58. The van der Waals surface area contributed by atoms with Crippen LogP contribution in [0.2, 0.25) is 0 Å². The highest BCUT2D eigenvalue weighted by molar-refractivity contribution is 7.89. The molecule has 2 aromatic heterocycles. The summed E-state index contributed by atoms with van der Waals surface area (Å²) in [5.74, 6) is 0.137. The summed E-state index contributed by atoms with van der Waals surface area (Å²) in [6, 6.07) is 13.4. The van der Waals surface area contributed by atoms with Gasteiger partial charge in [-0.15, -0.1) is 5.10 Å². The third-order valence-corrected chi connectivity index (χ3v) is 8.35. The molecule has 0 unspecified atom stereocenters. The van der Waals surface area contributed by atoms with E-state index in [0.29, 0.717) is 25.6 Å². The van der Waals surface area contributed by atoms with Gasteiger partial charge >= 0.3 is 0 Å². The first-order valence-corrected chi connectivity index (χ1v) is 13.4. The molecule has 0 aliphatic carbocycles. The van der Waals surface area contributed by atoms with Crippen molar-refractivity contribution in [1.29, 1.82) is 0 Å². The van der Waals surface area contributed by atoms with Gasteiger partial charge in [-0.1, -0.05) is 13.8 Å². The molecule has 1 fully saturated rings. The standard InChI is InChI=1S/C26H29FN6O2S/c1-18(2)16-31-11-12-32(36(34,35)26-5-4-10-28-30-26)17-25(31)23-14-20-15-29-33(24(20)13-19(23)3)22-8-6-21(27)7-9-22/h4-10,13-15,18,25H,11-12,16-17H2,1-3H3/t25-/m1/s1. The molecular formula is C26H29FN6O2S. The van der Waals surface area contributed by atoms with Crippen LogP contribution in [0, 0.1) is 18.7 Å². The number of aromatic nitrogens is 4. The van der Waals surface area contributed by atoms with Crippen molar-refractivity contribution in [2.75, 3.05) is 26.2 Å². The van der Waals surface area contributed by atoms with Gasteiger partial charge in [0.15, 0.2) is 5.03 Å². The van der Waals surface area contributed by atoms with E-state index in [4.69, 9.17) is 0 Å². The number of benzene rings is 2. The van der Waals surface area contributed by atoms with E-state index >= 15 is 0 Å². The van der Waals surface area contributed by atoms with Crippen molar-refractivity contribution in [3.05, 3.63) is 77.9 Å². The predicted octanol–water partition coefficient (Wildman–Crippen LogP) is 3.97. The molecule has 0 bridgehead atoms. The van der Waals surface area contributed by atoms with Crippen molar-refractivity contribution in [2.24, 2.45) is 5.92 Å². The van der Waals surface area contributed by atoms with Crippen molar-refractivity contribution in [2.45, 2.75) is 31.8 Å². The van der Waals surface area contributed by atoms with E-state index in [-0.39, 0.29) is 16.9 Å². The van der Waals surface area contributed by atoms with Crippen molar-refractivity contribution in [3.63, 3.8) is 0 Å². The van der Waals surface area contributed by atoms with Gasteiger partial charge in [0.1, 0.15) is 5.82 Å². The maximum atomic E-state index is 13.4. The van der Waals surface area contributed by atoms with E-state index in [1.165, 1.54) is 28.7 Å².